The summed E-state index contributed by atoms with van der Waals surface area (Å²) in [7, 11) is 1.76. The zero-order valence-electron chi connectivity index (χ0n) is 14.6. The van der Waals surface area contributed by atoms with Crippen molar-refractivity contribution < 1.29 is 9.18 Å². The fourth-order valence-corrected chi connectivity index (χ4v) is 3.33. The van der Waals surface area contributed by atoms with E-state index in [0.29, 0.717) is 5.16 Å². The van der Waals surface area contributed by atoms with Gasteiger partial charge in [-0.25, -0.2) is 9.37 Å². The number of nitrogens with one attached hydrogen (secondary N) is 1. The number of benzene rings is 2. The van der Waals surface area contributed by atoms with E-state index in [2.05, 4.69) is 9.97 Å². The van der Waals surface area contributed by atoms with Crippen LogP contribution in [0.1, 0.15) is 18.5 Å². The lowest BCUT2D eigenvalue weighted by Gasteiger charge is -2.25. The summed E-state index contributed by atoms with van der Waals surface area (Å²) in [6, 6.07) is 16.0. The van der Waals surface area contributed by atoms with Crippen LogP contribution in [-0.4, -0.2) is 33.6 Å². The highest BCUT2D eigenvalue weighted by Crippen LogP contribution is 2.23. The van der Waals surface area contributed by atoms with Crippen LogP contribution in [0.25, 0.3) is 11.3 Å². The molecule has 0 spiro atoms. The highest BCUT2D eigenvalue weighted by Gasteiger charge is 2.18. The number of thioether (sulfide) groups is 1. The van der Waals surface area contributed by atoms with Gasteiger partial charge in [0.1, 0.15) is 5.82 Å². The van der Waals surface area contributed by atoms with Crippen LogP contribution >= 0.6 is 11.8 Å². The molecule has 1 heterocycles. The topological polar surface area (TPSA) is 49.0 Å². The Morgan fingerprint density at radius 1 is 1.19 bits per heavy atom. The molecule has 3 rings (SSSR count). The first-order chi connectivity index (χ1) is 12.5. The number of H-pyrrole nitrogens is 1. The Morgan fingerprint density at radius 3 is 2.58 bits per heavy atom. The molecule has 0 radical (unpaired) electrons. The quantitative estimate of drug-likeness (QED) is 0.650. The van der Waals surface area contributed by atoms with E-state index in [1.165, 1.54) is 23.9 Å². The summed E-state index contributed by atoms with van der Waals surface area (Å²) in [6.07, 6.45) is 1.77. The molecule has 0 aliphatic heterocycles. The van der Waals surface area contributed by atoms with E-state index in [1.807, 2.05) is 37.3 Å². The second-order valence-electron chi connectivity index (χ2n) is 5.99. The van der Waals surface area contributed by atoms with Gasteiger partial charge in [-0.3, -0.25) is 4.79 Å². The summed E-state index contributed by atoms with van der Waals surface area (Å²) < 4.78 is 13.0. The van der Waals surface area contributed by atoms with Crippen molar-refractivity contribution in [3.8, 4) is 11.3 Å². The number of carbonyl (C=O) groups excluding carboxylic acids is 1. The van der Waals surface area contributed by atoms with Crippen LogP contribution in [0.15, 0.2) is 66.0 Å². The fourth-order valence-electron chi connectivity index (χ4n) is 2.55. The van der Waals surface area contributed by atoms with Crippen molar-refractivity contribution >= 4 is 17.7 Å². The van der Waals surface area contributed by atoms with Gasteiger partial charge in [0, 0.05) is 7.05 Å². The van der Waals surface area contributed by atoms with Crippen LogP contribution in [0, 0.1) is 5.82 Å². The largest absolute Gasteiger partial charge is 0.338 e. The van der Waals surface area contributed by atoms with Gasteiger partial charge < -0.3 is 9.88 Å². The van der Waals surface area contributed by atoms with Crippen LogP contribution in [-0.2, 0) is 4.79 Å². The number of amides is 1. The highest BCUT2D eigenvalue weighted by atomic mass is 32.2. The van der Waals surface area contributed by atoms with Crippen molar-refractivity contribution in [3.05, 3.63) is 72.2 Å². The summed E-state index contributed by atoms with van der Waals surface area (Å²) in [5.74, 6) is -0.00828. The van der Waals surface area contributed by atoms with Gasteiger partial charge in [0.2, 0.25) is 5.91 Å². The molecule has 1 unspecified atom stereocenters. The van der Waals surface area contributed by atoms with E-state index < -0.39 is 0 Å². The lowest BCUT2D eigenvalue weighted by molar-refractivity contribution is -0.128. The summed E-state index contributed by atoms with van der Waals surface area (Å²) in [6.45, 7) is 1.93. The lowest BCUT2D eigenvalue weighted by Crippen LogP contribution is -2.31. The maximum Gasteiger partial charge on any atom is 0.233 e. The van der Waals surface area contributed by atoms with Crippen LogP contribution in [0.3, 0.4) is 0 Å². The maximum absolute atomic E-state index is 13.0. The van der Waals surface area contributed by atoms with E-state index in [4.69, 9.17) is 0 Å². The maximum atomic E-state index is 13.0. The Balaban J connectivity index is 1.58. The molecule has 0 aliphatic rings. The Bertz CT molecular complexity index is 864. The third-order valence-electron chi connectivity index (χ3n) is 4.30. The molecule has 4 nitrogen and oxygen atoms in total. The summed E-state index contributed by atoms with van der Waals surface area (Å²) in [4.78, 5) is 21.7. The van der Waals surface area contributed by atoms with Gasteiger partial charge in [0.25, 0.3) is 0 Å². The zero-order chi connectivity index (χ0) is 18.5. The molecular weight excluding hydrogens is 349 g/mol. The molecule has 0 bridgehead atoms. The molecule has 1 atom stereocenters. The van der Waals surface area contributed by atoms with Gasteiger partial charge in [-0.15, -0.1) is 0 Å². The molecule has 0 saturated carbocycles. The molecule has 3 aromatic rings. The number of hydrogen-bond donors (Lipinski definition) is 1. The minimum atomic E-state index is -0.280. The first-order valence-electron chi connectivity index (χ1n) is 8.29. The number of hydrogen-bond acceptors (Lipinski definition) is 3. The van der Waals surface area contributed by atoms with E-state index in [-0.39, 0.29) is 23.5 Å². The molecule has 0 saturated heterocycles. The second-order valence-corrected chi connectivity index (χ2v) is 6.95. The second kappa shape index (κ2) is 8.19. The fraction of sp³-hybridized carbons (Fsp3) is 0.200. The summed E-state index contributed by atoms with van der Waals surface area (Å²) in [5.41, 5.74) is 2.88. The van der Waals surface area contributed by atoms with Gasteiger partial charge in [-0.2, -0.15) is 0 Å². The van der Waals surface area contributed by atoms with Crippen LogP contribution < -0.4 is 0 Å². The van der Waals surface area contributed by atoms with Gasteiger partial charge in [-0.05, 0) is 30.2 Å². The molecule has 0 aliphatic carbocycles. The molecule has 134 valence electrons. The summed E-state index contributed by atoms with van der Waals surface area (Å²) in [5, 5.41) is 0.708. The Morgan fingerprint density at radius 2 is 1.88 bits per heavy atom. The van der Waals surface area contributed by atoms with Gasteiger partial charge in [-0.1, -0.05) is 54.2 Å². The first kappa shape index (κ1) is 18.2. The van der Waals surface area contributed by atoms with Crippen LogP contribution in [0.5, 0.6) is 0 Å². The lowest BCUT2D eigenvalue weighted by atomic mass is 10.1. The minimum Gasteiger partial charge on any atom is -0.338 e. The normalized spacial score (nSPS) is 12.0. The van der Waals surface area contributed by atoms with E-state index in [0.717, 1.165) is 16.8 Å². The van der Waals surface area contributed by atoms with Crippen LogP contribution in [0.4, 0.5) is 4.39 Å². The van der Waals surface area contributed by atoms with Crippen molar-refractivity contribution in [2.45, 2.75) is 18.1 Å². The smallest absolute Gasteiger partial charge is 0.233 e. The SMILES string of the molecule is CC(c1ccc(F)cc1)N(C)C(=O)CSc1ncc(-c2ccccc2)[nH]1. The van der Waals surface area contributed by atoms with Gasteiger partial charge >= 0.3 is 0 Å². The van der Waals surface area contributed by atoms with Crippen molar-refractivity contribution in [2.75, 3.05) is 12.8 Å². The number of halogens is 1. The molecule has 0 fully saturated rings. The predicted molar refractivity (Wildman–Crippen MR) is 102 cm³/mol. The van der Waals surface area contributed by atoms with Crippen molar-refractivity contribution in [3.63, 3.8) is 0 Å². The van der Waals surface area contributed by atoms with E-state index in [1.54, 1.807) is 30.3 Å². The average molecular weight is 369 g/mol. The molecule has 1 amide bonds. The molecule has 6 heteroatoms. The number of aromatic amines is 1. The van der Waals surface area contributed by atoms with E-state index in [9.17, 15) is 9.18 Å². The molecule has 26 heavy (non-hydrogen) atoms. The minimum absolute atomic E-state index is 0.00974. The molecule has 1 aromatic heterocycles. The number of aromatic nitrogens is 2. The predicted octanol–water partition coefficient (Wildman–Crippen LogP) is 4.53. The first-order valence-corrected chi connectivity index (χ1v) is 9.27. The number of imidazole rings is 1. The third kappa shape index (κ3) is 4.32. The Hall–Kier alpha value is -2.60. The van der Waals surface area contributed by atoms with Crippen molar-refractivity contribution in [1.82, 2.24) is 14.9 Å². The van der Waals surface area contributed by atoms with E-state index >= 15 is 0 Å². The Labute approximate surface area is 156 Å². The standard InChI is InChI=1S/C20H20FN3OS/c1-14(15-8-10-17(21)11-9-15)24(2)19(25)13-26-20-22-12-18(23-20)16-6-4-3-5-7-16/h3-12,14H,13H2,1-2H3,(H,22,23). The number of nitrogens with zero attached hydrogens (tertiary/aromatic N) is 2. The molecule has 2 aromatic carbocycles. The average Bonchev–Trinajstić information content (AvgIpc) is 3.15. The molecular formula is C20H20FN3OS. The number of rotatable bonds is 6. The van der Waals surface area contributed by atoms with Gasteiger partial charge in [0.15, 0.2) is 5.16 Å². The monoisotopic (exact) mass is 369 g/mol. The number of carbonyl (C=O) groups is 1. The van der Waals surface area contributed by atoms with Crippen molar-refractivity contribution in [2.24, 2.45) is 0 Å². The Kier molecular flexibility index (Phi) is 5.73. The highest BCUT2D eigenvalue weighted by molar-refractivity contribution is 7.99. The summed E-state index contributed by atoms with van der Waals surface area (Å²) >= 11 is 1.37. The van der Waals surface area contributed by atoms with Gasteiger partial charge in [0.05, 0.1) is 23.7 Å². The molecule has 1 N–H and O–H groups in total. The third-order valence-corrected chi connectivity index (χ3v) is 5.17. The van der Waals surface area contributed by atoms with Crippen molar-refractivity contribution in [1.29, 1.82) is 0 Å². The zero-order valence-corrected chi connectivity index (χ0v) is 15.5. The van der Waals surface area contributed by atoms with Crippen LogP contribution in [0.2, 0.25) is 0 Å².